The summed E-state index contributed by atoms with van der Waals surface area (Å²) in [5, 5.41) is 12.2. The smallest absolute Gasteiger partial charge is 0.182 e. The van der Waals surface area contributed by atoms with Gasteiger partial charge in [0.1, 0.15) is 6.07 Å². The van der Waals surface area contributed by atoms with Crippen molar-refractivity contribution in [2.75, 3.05) is 25.0 Å². The van der Waals surface area contributed by atoms with Crippen molar-refractivity contribution in [1.82, 2.24) is 14.9 Å². The van der Waals surface area contributed by atoms with Crippen LogP contribution < -0.4 is 5.32 Å². The highest BCUT2D eigenvalue weighted by Crippen LogP contribution is 2.10. The molecule has 0 saturated carbocycles. The summed E-state index contributed by atoms with van der Waals surface area (Å²) in [4.78, 5) is 10.6. The van der Waals surface area contributed by atoms with E-state index >= 15 is 0 Å². The van der Waals surface area contributed by atoms with Crippen LogP contribution in [0.2, 0.25) is 0 Å². The molecule has 5 heteroatoms. The normalized spacial score (nSPS) is 12.2. The van der Waals surface area contributed by atoms with Crippen LogP contribution in [0.15, 0.2) is 12.4 Å². The molecule has 1 atom stereocenters. The maximum atomic E-state index is 8.94. The van der Waals surface area contributed by atoms with Crippen LogP contribution in [0.3, 0.4) is 0 Å². The minimum absolute atomic E-state index is 0.291. The third-order valence-electron chi connectivity index (χ3n) is 3.19. The molecule has 0 aliphatic heterocycles. The first kappa shape index (κ1) is 15.4. The van der Waals surface area contributed by atoms with Crippen LogP contribution in [0.5, 0.6) is 0 Å². The van der Waals surface area contributed by atoms with Crippen molar-refractivity contribution >= 4 is 5.82 Å². The van der Waals surface area contributed by atoms with Gasteiger partial charge in [-0.15, -0.1) is 0 Å². The lowest BCUT2D eigenvalue weighted by Crippen LogP contribution is -2.26. The predicted molar refractivity (Wildman–Crippen MR) is 76.9 cm³/mol. The van der Waals surface area contributed by atoms with Crippen molar-refractivity contribution in [2.24, 2.45) is 0 Å². The van der Waals surface area contributed by atoms with Crippen LogP contribution in [0.25, 0.3) is 0 Å². The first-order valence-electron chi connectivity index (χ1n) is 6.91. The summed E-state index contributed by atoms with van der Waals surface area (Å²) in [6, 6.07) is 2.34. The lowest BCUT2D eigenvalue weighted by atomic mass is 10.1. The molecule has 1 rings (SSSR count). The number of nitrogens with zero attached hydrogens (tertiary/aromatic N) is 4. The van der Waals surface area contributed by atoms with Crippen LogP contribution in [0.4, 0.5) is 5.82 Å². The third-order valence-corrected chi connectivity index (χ3v) is 3.19. The molecule has 0 amide bonds. The molecule has 0 aliphatic rings. The molecule has 0 radical (unpaired) electrons. The van der Waals surface area contributed by atoms with Gasteiger partial charge in [0.15, 0.2) is 11.5 Å². The van der Waals surface area contributed by atoms with Crippen LogP contribution in [-0.4, -0.2) is 40.5 Å². The van der Waals surface area contributed by atoms with E-state index in [0.29, 0.717) is 17.6 Å². The molecule has 0 bridgehead atoms. The van der Waals surface area contributed by atoms with E-state index in [0.717, 1.165) is 32.5 Å². The van der Waals surface area contributed by atoms with Gasteiger partial charge < -0.3 is 10.2 Å². The Morgan fingerprint density at radius 2 is 2.00 bits per heavy atom. The van der Waals surface area contributed by atoms with E-state index in [1.807, 2.05) is 6.07 Å². The largest absolute Gasteiger partial charge is 0.365 e. The van der Waals surface area contributed by atoms with Crippen molar-refractivity contribution in [2.45, 2.75) is 39.7 Å². The van der Waals surface area contributed by atoms with Gasteiger partial charge in [0, 0.05) is 18.4 Å². The first-order chi connectivity index (χ1) is 9.21. The predicted octanol–water partition coefficient (Wildman–Crippen LogP) is 2.27. The fourth-order valence-electron chi connectivity index (χ4n) is 1.99. The molecular weight excluding hydrogens is 238 g/mol. The van der Waals surface area contributed by atoms with Gasteiger partial charge in [-0.2, -0.15) is 5.26 Å². The minimum Gasteiger partial charge on any atom is -0.365 e. The molecule has 1 N–H and O–H groups in total. The molecule has 1 heterocycles. The average Bonchev–Trinajstić information content (AvgIpc) is 2.44. The molecule has 1 aromatic heterocycles. The van der Waals surface area contributed by atoms with E-state index in [9.17, 15) is 0 Å². The summed E-state index contributed by atoms with van der Waals surface area (Å²) in [5.41, 5.74) is 0.359. The van der Waals surface area contributed by atoms with Gasteiger partial charge in [0.2, 0.25) is 0 Å². The van der Waals surface area contributed by atoms with Gasteiger partial charge in [0.05, 0.1) is 0 Å². The van der Waals surface area contributed by atoms with E-state index in [4.69, 9.17) is 5.26 Å². The quantitative estimate of drug-likeness (QED) is 0.777. The highest BCUT2D eigenvalue weighted by atomic mass is 15.1. The lowest BCUT2D eigenvalue weighted by molar-refractivity contribution is 0.295. The van der Waals surface area contributed by atoms with Crippen LogP contribution in [0.1, 0.15) is 39.3 Å². The number of rotatable bonds is 8. The minimum atomic E-state index is 0.291. The van der Waals surface area contributed by atoms with E-state index in [-0.39, 0.29) is 0 Å². The average molecular weight is 261 g/mol. The second-order valence-corrected chi connectivity index (χ2v) is 4.58. The second kappa shape index (κ2) is 8.44. The van der Waals surface area contributed by atoms with Gasteiger partial charge in [-0.05, 0) is 39.4 Å². The maximum Gasteiger partial charge on any atom is 0.182 e. The Kier molecular flexibility index (Phi) is 6.83. The van der Waals surface area contributed by atoms with Crippen molar-refractivity contribution in [3.05, 3.63) is 18.1 Å². The zero-order valence-electron chi connectivity index (χ0n) is 12.1. The highest BCUT2D eigenvalue weighted by molar-refractivity contribution is 5.47. The maximum absolute atomic E-state index is 8.94. The summed E-state index contributed by atoms with van der Waals surface area (Å²) in [7, 11) is 0. The SMILES string of the molecule is CCN(CC)CCCC(C)Nc1nccnc1C#N. The Hall–Kier alpha value is -1.67. The number of anilines is 1. The summed E-state index contributed by atoms with van der Waals surface area (Å²) in [5.74, 6) is 0.584. The van der Waals surface area contributed by atoms with Crippen molar-refractivity contribution in [3.8, 4) is 6.07 Å². The summed E-state index contributed by atoms with van der Waals surface area (Å²) in [6.45, 7) is 9.79. The highest BCUT2D eigenvalue weighted by Gasteiger charge is 2.08. The Balaban J connectivity index is 2.39. The Morgan fingerprint density at radius 1 is 1.32 bits per heavy atom. The molecule has 5 nitrogen and oxygen atoms in total. The molecular formula is C14H23N5. The first-order valence-corrected chi connectivity index (χ1v) is 6.91. The molecule has 104 valence electrons. The molecule has 0 aromatic carbocycles. The van der Waals surface area contributed by atoms with Crippen molar-refractivity contribution < 1.29 is 0 Å². The number of nitriles is 1. The van der Waals surface area contributed by atoms with Gasteiger partial charge in [-0.25, -0.2) is 9.97 Å². The van der Waals surface area contributed by atoms with Crippen molar-refractivity contribution in [3.63, 3.8) is 0 Å². The van der Waals surface area contributed by atoms with Crippen LogP contribution >= 0.6 is 0 Å². The van der Waals surface area contributed by atoms with Crippen LogP contribution in [0, 0.1) is 11.3 Å². The molecule has 1 unspecified atom stereocenters. The molecule has 0 spiro atoms. The standard InChI is InChI=1S/C14H23N5/c1-4-19(5-2)10-6-7-12(3)18-14-13(11-15)16-8-9-17-14/h8-9,12H,4-7,10H2,1-3H3,(H,17,18). The zero-order valence-corrected chi connectivity index (χ0v) is 12.1. The van der Waals surface area contributed by atoms with E-state index in [2.05, 4.69) is 41.0 Å². The molecule has 0 saturated heterocycles. The Morgan fingerprint density at radius 3 is 2.63 bits per heavy atom. The van der Waals surface area contributed by atoms with Gasteiger partial charge in [-0.3, -0.25) is 0 Å². The fourth-order valence-corrected chi connectivity index (χ4v) is 1.99. The zero-order chi connectivity index (χ0) is 14.1. The second-order valence-electron chi connectivity index (χ2n) is 4.58. The molecule has 0 fully saturated rings. The molecule has 0 aliphatic carbocycles. The van der Waals surface area contributed by atoms with Gasteiger partial charge in [-0.1, -0.05) is 13.8 Å². The summed E-state index contributed by atoms with van der Waals surface area (Å²) in [6.07, 6.45) is 5.33. The Bertz CT molecular complexity index is 409. The topological polar surface area (TPSA) is 64.8 Å². The summed E-state index contributed by atoms with van der Waals surface area (Å²) >= 11 is 0. The number of nitrogens with one attached hydrogen (secondary N) is 1. The van der Waals surface area contributed by atoms with E-state index < -0.39 is 0 Å². The van der Waals surface area contributed by atoms with Crippen LogP contribution in [-0.2, 0) is 0 Å². The molecule has 19 heavy (non-hydrogen) atoms. The van der Waals surface area contributed by atoms with E-state index in [1.165, 1.54) is 6.20 Å². The monoisotopic (exact) mass is 261 g/mol. The number of aromatic nitrogens is 2. The van der Waals surface area contributed by atoms with Crippen molar-refractivity contribution in [1.29, 1.82) is 5.26 Å². The summed E-state index contributed by atoms with van der Waals surface area (Å²) < 4.78 is 0. The Labute approximate surface area is 115 Å². The van der Waals surface area contributed by atoms with E-state index in [1.54, 1.807) is 6.20 Å². The molecule has 1 aromatic rings. The van der Waals surface area contributed by atoms with Gasteiger partial charge >= 0.3 is 0 Å². The third kappa shape index (κ3) is 5.23. The lowest BCUT2D eigenvalue weighted by Gasteiger charge is -2.20. The fraction of sp³-hybridized carbons (Fsp3) is 0.643. The van der Waals surface area contributed by atoms with Gasteiger partial charge in [0.25, 0.3) is 0 Å². The number of hydrogen-bond donors (Lipinski definition) is 1. The number of hydrogen-bond acceptors (Lipinski definition) is 5.